The molecule has 2 rings (SSSR count). The van der Waals surface area contributed by atoms with Gasteiger partial charge in [-0.15, -0.1) is 0 Å². The Kier molecular flexibility index (Phi) is 6.07. The average molecular weight is 398 g/mol. The third-order valence-electron chi connectivity index (χ3n) is 3.46. The van der Waals surface area contributed by atoms with Crippen LogP contribution in [0, 0.1) is 19.7 Å². The summed E-state index contributed by atoms with van der Waals surface area (Å²) in [7, 11) is 0. The second-order valence-corrected chi connectivity index (χ2v) is 6.67. The number of hydrogen-bond donors (Lipinski definition) is 1. The number of anilines is 1. The van der Waals surface area contributed by atoms with Crippen molar-refractivity contribution >= 4 is 38.6 Å². The Hall–Kier alpha value is -1.53. The van der Waals surface area contributed by atoms with Gasteiger partial charge in [0.2, 0.25) is 0 Å². The molecule has 2 aromatic carbocycles. The van der Waals surface area contributed by atoms with Gasteiger partial charge in [-0.05, 0) is 55.5 Å². The molecule has 0 aliphatic heterocycles. The summed E-state index contributed by atoms with van der Waals surface area (Å²) >= 11 is 4.53. The van der Waals surface area contributed by atoms with Gasteiger partial charge >= 0.3 is 0 Å². The summed E-state index contributed by atoms with van der Waals surface area (Å²) in [5.41, 5.74) is 3.24. The Morgan fingerprint density at radius 2 is 2.00 bits per heavy atom. The highest BCUT2D eigenvalue weighted by Gasteiger charge is 2.12. The fourth-order valence-electron chi connectivity index (χ4n) is 2.00. The minimum atomic E-state index is -0.394. The van der Waals surface area contributed by atoms with Crippen LogP contribution in [0.25, 0.3) is 0 Å². The van der Waals surface area contributed by atoms with Crippen LogP contribution in [0.15, 0.2) is 34.8 Å². The fourth-order valence-corrected chi connectivity index (χ4v) is 2.69. The lowest BCUT2D eigenvalue weighted by Gasteiger charge is -2.14. The van der Waals surface area contributed by atoms with E-state index in [1.54, 1.807) is 18.4 Å². The van der Waals surface area contributed by atoms with E-state index in [1.165, 1.54) is 6.07 Å². The van der Waals surface area contributed by atoms with Crippen molar-refractivity contribution in [2.24, 2.45) is 0 Å². The Morgan fingerprint density at radius 3 is 2.70 bits per heavy atom. The first-order valence-electron chi connectivity index (χ1n) is 6.94. The quantitative estimate of drug-likeness (QED) is 0.720. The first-order chi connectivity index (χ1) is 10.9. The second-order valence-electron chi connectivity index (χ2n) is 5.04. The summed E-state index contributed by atoms with van der Waals surface area (Å²) in [5, 5.41) is 2.63. The minimum absolute atomic E-state index is 0.144. The molecule has 0 aromatic heterocycles. The molecule has 0 aliphatic carbocycles. The summed E-state index contributed by atoms with van der Waals surface area (Å²) in [6.45, 7) is 3.90. The first kappa shape index (κ1) is 17.8. The van der Waals surface area contributed by atoms with Gasteiger partial charge in [-0.3, -0.25) is 4.79 Å². The van der Waals surface area contributed by atoms with Gasteiger partial charge in [0, 0.05) is 15.7 Å². The zero-order valence-electron chi connectivity index (χ0n) is 13.1. The highest BCUT2D eigenvalue weighted by Crippen LogP contribution is 2.29. The minimum Gasteiger partial charge on any atom is -0.486 e. The van der Waals surface area contributed by atoms with E-state index >= 15 is 0 Å². The number of carbonyl (C=O) groups excluding carboxylic acids is 1. The maximum absolute atomic E-state index is 14.0. The summed E-state index contributed by atoms with van der Waals surface area (Å²) in [6.07, 6.45) is 1.70. The first-order valence-corrected chi connectivity index (χ1v) is 8.96. The van der Waals surface area contributed by atoms with E-state index in [0.717, 1.165) is 32.9 Å². The monoisotopic (exact) mass is 397 g/mol. The van der Waals surface area contributed by atoms with Crippen molar-refractivity contribution in [2.45, 2.75) is 20.5 Å². The number of nitrogens with one attached hydrogen (secondary N) is 1. The number of ether oxygens (including phenoxy) is 1. The van der Waals surface area contributed by atoms with Crippen LogP contribution >= 0.6 is 27.7 Å². The summed E-state index contributed by atoms with van der Waals surface area (Å²) in [4.78, 5) is 11.6. The van der Waals surface area contributed by atoms with E-state index in [0.29, 0.717) is 5.69 Å². The molecular weight excluding hydrogens is 381 g/mol. The number of rotatable bonds is 4. The van der Waals surface area contributed by atoms with E-state index in [9.17, 15) is 9.18 Å². The van der Waals surface area contributed by atoms with Crippen LogP contribution in [0.2, 0.25) is 0 Å². The zero-order chi connectivity index (χ0) is 17.0. The van der Waals surface area contributed by atoms with E-state index in [-0.39, 0.29) is 17.6 Å². The standard InChI is InChI=1S/C17H17BrFNO2S/c1-10-7-14(19)16(8-11(10)2)22-9-12-13(18)5-4-6-15(12)20-17(21)23-3/h4-8H,9H2,1-3H3,(H,20,21). The van der Waals surface area contributed by atoms with Crippen molar-refractivity contribution in [3.05, 3.63) is 57.3 Å². The molecule has 23 heavy (non-hydrogen) atoms. The van der Waals surface area contributed by atoms with Crippen molar-refractivity contribution < 1.29 is 13.9 Å². The van der Waals surface area contributed by atoms with Gasteiger partial charge in [-0.1, -0.05) is 33.8 Å². The van der Waals surface area contributed by atoms with Crippen LogP contribution in [-0.2, 0) is 6.61 Å². The number of thioether (sulfide) groups is 1. The normalized spacial score (nSPS) is 10.5. The Bertz CT molecular complexity index is 737. The molecule has 0 unspecified atom stereocenters. The molecule has 6 heteroatoms. The van der Waals surface area contributed by atoms with Crippen LogP contribution in [-0.4, -0.2) is 11.5 Å². The van der Waals surface area contributed by atoms with Crippen molar-refractivity contribution in [1.82, 2.24) is 0 Å². The zero-order valence-corrected chi connectivity index (χ0v) is 15.5. The number of carbonyl (C=O) groups is 1. The average Bonchev–Trinajstić information content (AvgIpc) is 2.51. The van der Waals surface area contributed by atoms with Gasteiger partial charge in [0.25, 0.3) is 5.24 Å². The van der Waals surface area contributed by atoms with E-state index in [2.05, 4.69) is 21.2 Å². The third-order valence-corrected chi connectivity index (χ3v) is 4.68. The van der Waals surface area contributed by atoms with Gasteiger partial charge in [0.15, 0.2) is 11.6 Å². The lowest BCUT2D eigenvalue weighted by atomic mass is 10.1. The van der Waals surface area contributed by atoms with Crippen LogP contribution in [0.4, 0.5) is 14.9 Å². The number of hydrogen-bond acceptors (Lipinski definition) is 3. The molecule has 1 amide bonds. The number of aryl methyl sites for hydroxylation is 2. The molecule has 0 radical (unpaired) electrons. The van der Waals surface area contributed by atoms with E-state index in [1.807, 2.05) is 26.0 Å². The molecule has 0 bridgehead atoms. The molecule has 3 nitrogen and oxygen atoms in total. The highest BCUT2D eigenvalue weighted by atomic mass is 79.9. The molecule has 1 N–H and O–H groups in total. The summed E-state index contributed by atoms with van der Waals surface area (Å²) in [6, 6.07) is 8.60. The van der Waals surface area contributed by atoms with Crippen molar-refractivity contribution in [3.8, 4) is 5.75 Å². The van der Waals surface area contributed by atoms with Crippen LogP contribution in [0.5, 0.6) is 5.75 Å². The number of amides is 1. The highest BCUT2D eigenvalue weighted by molar-refractivity contribution is 9.10. The van der Waals surface area contributed by atoms with Crippen LogP contribution in [0.3, 0.4) is 0 Å². The SMILES string of the molecule is CSC(=O)Nc1cccc(Br)c1COc1cc(C)c(C)cc1F. The number of benzene rings is 2. The Balaban J connectivity index is 2.23. The largest absolute Gasteiger partial charge is 0.486 e. The molecular formula is C17H17BrFNO2S. The predicted molar refractivity (Wildman–Crippen MR) is 96.9 cm³/mol. The molecule has 0 saturated heterocycles. The Labute approximate surface area is 147 Å². The molecule has 122 valence electrons. The van der Waals surface area contributed by atoms with Crippen molar-refractivity contribution in [3.63, 3.8) is 0 Å². The van der Waals surface area contributed by atoms with Crippen molar-refractivity contribution in [2.75, 3.05) is 11.6 Å². The molecule has 0 fully saturated rings. The maximum Gasteiger partial charge on any atom is 0.283 e. The molecule has 0 saturated carbocycles. The van der Waals surface area contributed by atoms with Gasteiger partial charge in [0.1, 0.15) is 6.61 Å². The predicted octanol–water partition coefficient (Wildman–Crippen LogP) is 5.68. The van der Waals surface area contributed by atoms with E-state index in [4.69, 9.17) is 4.74 Å². The molecule has 0 aliphatic rings. The lowest BCUT2D eigenvalue weighted by Crippen LogP contribution is -2.09. The number of halogens is 2. The molecule has 0 spiro atoms. The molecule has 0 heterocycles. The summed E-state index contributed by atoms with van der Waals surface area (Å²) < 4.78 is 20.4. The van der Waals surface area contributed by atoms with Gasteiger partial charge in [0.05, 0.1) is 0 Å². The fraction of sp³-hybridized carbons (Fsp3) is 0.235. The topological polar surface area (TPSA) is 38.3 Å². The third kappa shape index (κ3) is 4.48. The molecule has 2 aromatic rings. The summed E-state index contributed by atoms with van der Waals surface area (Å²) in [5.74, 6) is -0.194. The maximum atomic E-state index is 14.0. The smallest absolute Gasteiger partial charge is 0.283 e. The second kappa shape index (κ2) is 7.84. The Morgan fingerprint density at radius 1 is 1.30 bits per heavy atom. The van der Waals surface area contributed by atoms with E-state index < -0.39 is 5.82 Å². The molecule has 0 atom stereocenters. The van der Waals surface area contributed by atoms with Gasteiger partial charge in [-0.25, -0.2) is 4.39 Å². The van der Waals surface area contributed by atoms with Crippen LogP contribution in [0.1, 0.15) is 16.7 Å². The van der Waals surface area contributed by atoms with Gasteiger partial charge in [-0.2, -0.15) is 0 Å². The lowest BCUT2D eigenvalue weighted by molar-refractivity contribution is 0.269. The van der Waals surface area contributed by atoms with Crippen molar-refractivity contribution in [1.29, 1.82) is 0 Å². The van der Waals surface area contributed by atoms with Crippen LogP contribution < -0.4 is 10.1 Å². The van der Waals surface area contributed by atoms with Gasteiger partial charge < -0.3 is 10.1 Å².